The smallest absolute Gasteiger partial charge is 0.652 e. The summed E-state index contributed by atoms with van der Waals surface area (Å²) in [5.74, 6) is 0. The van der Waals surface area contributed by atoms with Crippen molar-refractivity contribution < 1.29 is 82.4 Å². The predicted octanol–water partition coefficient (Wildman–Crippen LogP) is -4.90. The largest absolute Gasteiger partial charge is 4.00 e. The summed E-state index contributed by atoms with van der Waals surface area (Å²) in [7, 11) is 0. The van der Waals surface area contributed by atoms with Crippen molar-refractivity contribution in [2.45, 2.75) is 0 Å². The van der Waals surface area contributed by atoms with Crippen LogP contribution in [0.2, 0.25) is 0 Å². The first-order chi connectivity index (χ1) is 3.46. The maximum Gasteiger partial charge on any atom is 4.00 e. The van der Waals surface area contributed by atoms with Crippen LogP contribution in [-0.2, 0) is 52.4 Å². The van der Waals surface area contributed by atoms with Gasteiger partial charge in [-0.15, -0.1) is 0 Å². The summed E-state index contributed by atoms with van der Waals surface area (Å²) in [5.41, 5.74) is 0. The summed E-state index contributed by atoms with van der Waals surface area (Å²) in [5, 5.41) is 33.3. The Morgan fingerprint density at radius 2 is 0.700 bits per heavy atom. The van der Waals surface area contributed by atoms with Gasteiger partial charge in [-0.3, -0.25) is 0 Å². The third-order valence-corrected chi connectivity index (χ3v) is 0. The van der Waals surface area contributed by atoms with Crippen molar-refractivity contribution in [3.63, 3.8) is 0 Å². The van der Waals surface area contributed by atoms with Gasteiger partial charge in [0, 0.05) is 0 Å². The average Bonchev–Trinajstić information content (AvgIpc) is 1.25. The first-order valence-corrected chi connectivity index (χ1v) is 1.22. The zero-order valence-corrected chi connectivity index (χ0v) is 9.37. The van der Waals surface area contributed by atoms with Crippen LogP contribution in [0.3, 0.4) is 0 Å². The maximum absolute atomic E-state index is 8.33. The molecule has 6 nitrogen and oxygen atoms in total. The summed E-state index contributed by atoms with van der Waals surface area (Å²) in [6.07, 6.45) is -4.67. The van der Waals surface area contributed by atoms with Gasteiger partial charge >= 0.3 is 52.4 Å². The fraction of sp³-hybridized carbons (Fsp3) is 0. The summed E-state index contributed by atoms with van der Waals surface area (Å²) in [6, 6.07) is 0. The third kappa shape index (κ3) is 4730. The molecule has 0 saturated carbocycles. The number of hydrogen-bond donors (Lipinski definition) is 0. The van der Waals surface area contributed by atoms with Crippen molar-refractivity contribution in [1.82, 2.24) is 0 Å². The van der Waals surface area contributed by atoms with E-state index < -0.39 is 12.3 Å². The molecule has 0 atom stereocenters. The van der Waals surface area contributed by atoms with E-state index in [4.69, 9.17) is 30.0 Å². The van der Waals surface area contributed by atoms with Crippen LogP contribution < -0.4 is 20.4 Å². The van der Waals surface area contributed by atoms with Crippen molar-refractivity contribution in [2.75, 3.05) is 0 Å². The zero-order chi connectivity index (χ0) is 7.15. The first-order valence-electron chi connectivity index (χ1n) is 1.22. The van der Waals surface area contributed by atoms with Crippen LogP contribution in [-0.4, -0.2) is 12.3 Å². The topological polar surface area (TPSA) is 126 Å². The van der Waals surface area contributed by atoms with Crippen LogP contribution in [0.15, 0.2) is 0 Å². The molecule has 0 N–H and O–H groups in total. The van der Waals surface area contributed by atoms with Gasteiger partial charge in [0.25, 0.3) is 0 Å². The maximum atomic E-state index is 8.33. The van der Waals surface area contributed by atoms with Crippen LogP contribution in [0.4, 0.5) is 9.59 Å². The van der Waals surface area contributed by atoms with Crippen LogP contribution >= 0.6 is 0 Å². The van der Waals surface area contributed by atoms with Gasteiger partial charge in [-0.05, 0) is 12.3 Å². The second-order valence-electron chi connectivity index (χ2n) is 0.500. The molecular formula is C2O6Zr2+4. The Morgan fingerprint density at radius 3 is 0.700 bits per heavy atom. The van der Waals surface area contributed by atoms with Gasteiger partial charge in [0.1, 0.15) is 0 Å². The Kier molecular flexibility index (Phi) is 36.2. The number of rotatable bonds is 0. The Labute approximate surface area is 94.1 Å². The van der Waals surface area contributed by atoms with E-state index in [1.807, 2.05) is 0 Å². The number of carboxylic acid groups (broad SMARTS) is 4. The number of hydrogen-bond acceptors (Lipinski definition) is 6. The molecule has 0 amide bonds. The molecule has 0 aliphatic carbocycles. The van der Waals surface area contributed by atoms with E-state index in [0.717, 1.165) is 0 Å². The van der Waals surface area contributed by atoms with E-state index in [-0.39, 0.29) is 52.4 Å². The molecule has 0 rings (SSSR count). The fourth-order valence-electron chi connectivity index (χ4n) is 0. The van der Waals surface area contributed by atoms with Crippen molar-refractivity contribution in [3.05, 3.63) is 0 Å². The molecule has 0 saturated heterocycles. The van der Waals surface area contributed by atoms with E-state index in [1.54, 1.807) is 0 Å². The molecule has 8 heteroatoms. The molecule has 0 aromatic rings. The van der Waals surface area contributed by atoms with E-state index in [0.29, 0.717) is 0 Å². The molecule has 0 aliphatic heterocycles. The average molecular weight is 302 g/mol. The second-order valence-corrected chi connectivity index (χ2v) is 0.500. The summed E-state index contributed by atoms with van der Waals surface area (Å²) < 4.78 is 0. The number of carbonyl (C=O) groups is 2. The van der Waals surface area contributed by atoms with Gasteiger partial charge < -0.3 is 30.0 Å². The molecule has 0 fully saturated rings. The minimum Gasteiger partial charge on any atom is -0.652 e. The van der Waals surface area contributed by atoms with E-state index in [2.05, 4.69) is 0 Å². The molecule has 0 unspecified atom stereocenters. The van der Waals surface area contributed by atoms with Gasteiger partial charge in [-0.2, -0.15) is 0 Å². The van der Waals surface area contributed by atoms with E-state index in [1.165, 1.54) is 0 Å². The van der Waals surface area contributed by atoms with Gasteiger partial charge in [-0.25, -0.2) is 0 Å². The second kappa shape index (κ2) is 16.1. The van der Waals surface area contributed by atoms with Crippen molar-refractivity contribution in [1.29, 1.82) is 0 Å². The van der Waals surface area contributed by atoms with E-state index >= 15 is 0 Å². The Morgan fingerprint density at radius 1 is 0.700 bits per heavy atom. The quantitative estimate of drug-likeness (QED) is 0.441. The van der Waals surface area contributed by atoms with Crippen molar-refractivity contribution in [3.8, 4) is 0 Å². The predicted molar refractivity (Wildman–Crippen MR) is 10.8 cm³/mol. The van der Waals surface area contributed by atoms with Crippen LogP contribution in [0.25, 0.3) is 0 Å². The molecule has 0 spiro atoms. The number of carbonyl (C=O) groups excluding carboxylic acids is 2. The van der Waals surface area contributed by atoms with Crippen LogP contribution in [0, 0.1) is 0 Å². The molecule has 0 heterocycles. The fourth-order valence-corrected chi connectivity index (χ4v) is 0. The summed E-state index contributed by atoms with van der Waals surface area (Å²) in [6.45, 7) is 0. The molecule has 0 aromatic heterocycles. The normalized spacial score (nSPS) is 4.80. The first kappa shape index (κ1) is 22.4. The minimum absolute atomic E-state index is 0. The summed E-state index contributed by atoms with van der Waals surface area (Å²) >= 11 is 0. The Bertz CT molecular complexity index is 71.7. The standard InChI is InChI=1S/2CH2O3.2Zr/c2*2-1(3)4;;/h2*(H2,2,3,4);;/q;;2*+4/p-4. The molecule has 10 heavy (non-hydrogen) atoms. The molecule has 0 aromatic carbocycles. The third-order valence-electron chi connectivity index (χ3n) is 0. The molecule has 0 radical (unpaired) electrons. The van der Waals surface area contributed by atoms with Gasteiger partial charge in [0.05, 0.1) is 0 Å². The minimum atomic E-state index is -2.33. The molecule has 0 bridgehead atoms. The molecular weight excluding hydrogens is 302 g/mol. The Balaban J connectivity index is -0.0000000300. The van der Waals surface area contributed by atoms with E-state index in [9.17, 15) is 0 Å². The SMILES string of the molecule is O=C([O-])[O-].O=C([O-])[O-].[Zr+4].[Zr+4]. The molecule has 48 valence electrons. The Hall–Kier alpha value is 0.306. The van der Waals surface area contributed by atoms with Crippen LogP contribution in [0.1, 0.15) is 0 Å². The monoisotopic (exact) mass is 300 g/mol. The molecule has 0 aliphatic rings. The van der Waals surface area contributed by atoms with Gasteiger partial charge in [-0.1, -0.05) is 0 Å². The van der Waals surface area contributed by atoms with Gasteiger partial charge in [0.2, 0.25) is 0 Å². The van der Waals surface area contributed by atoms with Crippen LogP contribution in [0.5, 0.6) is 0 Å². The van der Waals surface area contributed by atoms with Gasteiger partial charge in [0.15, 0.2) is 0 Å². The van der Waals surface area contributed by atoms with Crippen molar-refractivity contribution in [2.24, 2.45) is 0 Å². The van der Waals surface area contributed by atoms with Crippen molar-refractivity contribution >= 4 is 12.3 Å². The summed E-state index contributed by atoms with van der Waals surface area (Å²) in [4.78, 5) is 16.7. The zero-order valence-electron chi connectivity index (χ0n) is 4.45.